The van der Waals surface area contributed by atoms with E-state index < -0.39 is 0 Å². The van der Waals surface area contributed by atoms with E-state index in [2.05, 4.69) is 9.97 Å². The minimum absolute atomic E-state index is 0.0211. The lowest BCUT2D eigenvalue weighted by Crippen LogP contribution is -2.15. The highest BCUT2D eigenvalue weighted by molar-refractivity contribution is 5.75. The van der Waals surface area contributed by atoms with Gasteiger partial charge in [0.05, 0.1) is 31.2 Å². The number of rotatable bonds is 5. The SMILES string of the molecule is COc1ccc([C@@H](CN)c2nc3ccccc3[nH]2)cc1OC. The molecule has 0 saturated heterocycles. The number of imidazole rings is 1. The summed E-state index contributed by atoms with van der Waals surface area (Å²) in [7, 11) is 3.25. The third-order valence-electron chi connectivity index (χ3n) is 3.78. The van der Waals surface area contributed by atoms with Gasteiger partial charge in [0.25, 0.3) is 0 Å². The Labute approximate surface area is 129 Å². The van der Waals surface area contributed by atoms with Gasteiger partial charge in [-0.05, 0) is 29.8 Å². The molecule has 1 aromatic heterocycles. The third kappa shape index (κ3) is 2.51. The highest BCUT2D eigenvalue weighted by atomic mass is 16.5. The molecule has 3 rings (SSSR count). The van der Waals surface area contributed by atoms with Gasteiger partial charge in [-0.1, -0.05) is 18.2 Å². The fourth-order valence-electron chi connectivity index (χ4n) is 2.61. The lowest BCUT2D eigenvalue weighted by molar-refractivity contribution is 0.354. The van der Waals surface area contributed by atoms with E-state index in [0.717, 1.165) is 22.4 Å². The zero-order valence-electron chi connectivity index (χ0n) is 12.7. The number of nitrogens with zero attached hydrogens (tertiary/aromatic N) is 1. The second-order valence-corrected chi connectivity index (χ2v) is 5.04. The van der Waals surface area contributed by atoms with E-state index in [4.69, 9.17) is 15.2 Å². The number of ether oxygens (including phenoxy) is 2. The minimum atomic E-state index is -0.0211. The molecular weight excluding hydrogens is 278 g/mol. The Kier molecular flexibility index (Phi) is 3.98. The first kappa shape index (κ1) is 14.4. The standard InChI is InChI=1S/C17H19N3O2/c1-21-15-8-7-11(9-16(15)22-2)12(10-18)17-19-13-5-3-4-6-14(13)20-17/h3-9,12H,10,18H2,1-2H3,(H,19,20)/t12-/m1/s1. The number of aromatic amines is 1. The van der Waals surface area contributed by atoms with Gasteiger partial charge in [0.2, 0.25) is 0 Å². The molecule has 0 aliphatic rings. The summed E-state index contributed by atoms with van der Waals surface area (Å²) >= 11 is 0. The van der Waals surface area contributed by atoms with Crippen molar-refractivity contribution in [2.24, 2.45) is 5.73 Å². The van der Waals surface area contributed by atoms with Crippen LogP contribution in [-0.4, -0.2) is 30.7 Å². The molecule has 5 nitrogen and oxygen atoms in total. The molecule has 5 heteroatoms. The van der Waals surface area contributed by atoms with Crippen molar-refractivity contribution < 1.29 is 9.47 Å². The van der Waals surface area contributed by atoms with E-state index in [1.165, 1.54) is 0 Å². The molecule has 22 heavy (non-hydrogen) atoms. The van der Waals surface area contributed by atoms with Crippen LogP contribution in [0.1, 0.15) is 17.3 Å². The maximum absolute atomic E-state index is 5.99. The molecule has 0 aliphatic carbocycles. The minimum Gasteiger partial charge on any atom is -0.493 e. The van der Waals surface area contributed by atoms with Gasteiger partial charge in [-0.3, -0.25) is 0 Å². The molecule has 0 bridgehead atoms. The summed E-state index contributed by atoms with van der Waals surface area (Å²) in [5.41, 5.74) is 8.98. The number of para-hydroxylation sites is 2. The topological polar surface area (TPSA) is 73.2 Å². The van der Waals surface area contributed by atoms with Crippen molar-refractivity contribution in [3.8, 4) is 11.5 Å². The molecule has 0 radical (unpaired) electrons. The summed E-state index contributed by atoms with van der Waals surface area (Å²) in [5, 5.41) is 0. The van der Waals surface area contributed by atoms with Crippen LogP contribution in [0.25, 0.3) is 11.0 Å². The van der Waals surface area contributed by atoms with Crippen molar-refractivity contribution in [2.45, 2.75) is 5.92 Å². The first-order chi connectivity index (χ1) is 10.8. The number of hydrogen-bond acceptors (Lipinski definition) is 4. The predicted molar refractivity (Wildman–Crippen MR) is 86.5 cm³/mol. The monoisotopic (exact) mass is 297 g/mol. The smallest absolute Gasteiger partial charge is 0.161 e. The summed E-state index contributed by atoms with van der Waals surface area (Å²) in [5.74, 6) is 2.23. The van der Waals surface area contributed by atoms with E-state index in [9.17, 15) is 0 Å². The van der Waals surface area contributed by atoms with Crippen LogP contribution in [0.2, 0.25) is 0 Å². The Morgan fingerprint density at radius 1 is 1.09 bits per heavy atom. The van der Waals surface area contributed by atoms with Gasteiger partial charge in [0.15, 0.2) is 11.5 Å². The molecule has 0 spiro atoms. The van der Waals surface area contributed by atoms with Gasteiger partial charge >= 0.3 is 0 Å². The molecule has 0 saturated carbocycles. The highest BCUT2D eigenvalue weighted by Gasteiger charge is 2.18. The Morgan fingerprint density at radius 2 is 1.86 bits per heavy atom. The number of methoxy groups -OCH3 is 2. The summed E-state index contributed by atoms with van der Waals surface area (Å²) < 4.78 is 10.6. The fourth-order valence-corrected chi connectivity index (χ4v) is 2.61. The second-order valence-electron chi connectivity index (χ2n) is 5.04. The van der Waals surface area contributed by atoms with E-state index in [1.54, 1.807) is 14.2 Å². The van der Waals surface area contributed by atoms with Crippen LogP contribution in [0, 0.1) is 0 Å². The van der Waals surface area contributed by atoms with E-state index in [1.807, 2.05) is 42.5 Å². The lowest BCUT2D eigenvalue weighted by Gasteiger charge is -2.15. The average molecular weight is 297 g/mol. The van der Waals surface area contributed by atoms with E-state index in [-0.39, 0.29) is 5.92 Å². The zero-order chi connectivity index (χ0) is 15.5. The normalized spacial score (nSPS) is 12.3. The zero-order valence-corrected chi connectivity index (χ0v) is 12.7. The van der Waals surface area contributed by atoms with Crippen molar-refractivity contribution in [1.82, 2.24) is 9.97 Å². The Bertz CT molecular complexity index is 749. The molecule has 1 heterocycles. The van der Waals surface area contributed by atoms with Crippen molar-refractivity contribution in [3.05, 3.63) is 53.9 Å². The lowest BCUT2D eigenvalue weighted by atomic mass is 9.98. The molecule has 0 fully saturated rings. The predicted octanol–water partition coefficient (Wildman–Crippen LogP) is 2.67. The molecule has 114 valence electrons. The number of aromatic nitrogens is 2. The van der Waals surface area contributed by atoms with Gasteiger partial charge < -0.3 is 20.2 Å². The second kappa shape index (κ2) is 6.07. The van der Waals surface area contributed by atoms with Crippen LogP contribution in [0.5, 0.6) is 11.5 Å². The van der Waals surface area contributed by atoms with E-state index >= 15 is 0 Å². The fraction of sp³-hybridized carbons (Fsp3) is 0.235. The summed E-state index contributed by atoms with van der Waals surface area (Å²) in [6.45, 7) is 0.454. The van der Waals surface area contributed by atoms with Crippen molar-refractivity contribution >= 4 is 11.0 Å². The van der Waals surface area contributed by atoms with Crippen LogP contribution in [0.4, 0.5) is 0 Å². The van der Waals surface area contributed by atoms with Crippen LogP contribution < -0.4 is 15.2 Å². The summed E-state index contributed by atoms with van der Waals surface area (Å²) in [6, 6.07) is 13.8. The van der Waals surface area contributed by atoms with Crippen LogP contribution in [0.3, 0.4) is 0 Å². The maximum Gasteiger partial charge on any atom is 0.161 e. The van der Waals surface area contributed by atoms with Crippen molar-refractivity contribution in [3.63, 3.8) is 0 Å². The number of H-pyrrole nitrogens is 1. The van der Waals surface area contributed by atoms with Crippen LogP contribution >= 0.6 is 0 Å². The number of nitrogens with two attached hydrogens (primary N) is 1. The first-order valence-corrected chi connectivity index (χ1v) is 7.13. The van der Waals surface area contributed by atoms with Gasteiger partial charge in [-0.25, -0.2) is 4.98 Å². The van der Waals surface area contributed by atoms with Crippen LogP contribution in [-0.2, 0) is 0 Å². The van der Waals surface area contributed by atoms with Crippen molar-refractivity contribution in [2.75, 3.05) is 20.8 Å². The Balaban J connectivity index is 2.03. The largest absolute Gasteiger partial charge is 0.493 e. The molecule has 0 unspecified atom stereocenters. The van der Waals surface area contributed by atoms with Crippen LogP contribution in [0.15, 0.2) is 42.5 Å². The van der Waals surface area contributed by atoms with Gasteiger partial charge in [0, 0.05) is 6.54 Å². The Hall–Kier alpha value is -2.53. The third-order valence-corrected chi connectivity index (χ3v) is 3.78. The number of fused-ring (bicyclic) bond motifs is 1. The number of benzene rings is 2. The molecule has 3 aromatic rings. The molecule has 1 atom stereocenters. The number of hydrogen-bond donors (Lipinski definition) is 2. The molecule has 0 aliphatic heterocycles. The first-order valence-electron chi connectivity index (χ1n) is 7.13. The highest BCUT2D eigenvalue weighted by Crippen LogP contribution is 2.32. The van der Waals surface area contributed by atoms with Gasteiger partial charge in [-0.15, -0.1) is 0 Å². The molecule has 3 N–H and O–H groups in total. The Morgan fingerprint density at radius 3 is 2.55 bits per heavy atom. The molecule has 0 amide bonds. The maximum atomic E-state index is 5.99. The summed E-state index contributed by atoms with van der Waals surface area (Å²) in [4.78, 5) is 8.00. The average Bonchev–Trinajstić information content (AvgIpc) is 2.98. The quantitative estimate of drug-likeness (QED) is 0.759. The molecule has 2 aromatic carbocycles. The van der Waals surface area contributed by atoms with Crippen molar-refractivity contribution in [1.29, 1.82) is 0 Å². The summed E-state index contributed by atoms with van der Waals surface area (Å²) in [6.07, 6.45) is 0. The molecular formula is C17H19N3O2. The number of nitrogens with one attached hydrogen (secondary N) is 1. The van der Waals surface area contributed by atoms with E-state index in [0.29, 0.717) is 18.0 Å². The van der Waals surface area contributed by atoms with Gasteiger partial charge in [-0.2, -0.15) is 0 Å². The van der Waals surface area contributed by atoms with Gasteiger partial charge in [0.1, 0.15) is 5.82 Å².